The fourth-order valence-electron chi connectivity index (χ4n) is 3.05. The Morgan fingerprint density at radius 2 is 1.93 bits per heavy atom. The average Bonchev–Trinajstić information content (AvgIpc) is 2.76. The Morgan fingerprint density at radius 3 is 2.62 bits per heavy atom. The summed E-state index contributed by atoms with van der Waals surface area (Å²) in [5.41, 5.74) is 5.10. The van der Waals surface area contributed by atoms with Gasteiger partial charge in [-0.15, -0.1) is 0 Å². The zero-order chi connectivity index (χ0) is 20.5. The summed E-state index contributed by atoms with van der Waals surface area (Å²) in [5.74, 6) is 1.04. The quantitative estimate of drug-likeness (QED) is 0.548. The van der Waals surface area contributed by atoms with Gasteiger partial charge in [0.2, 0.25) is 0 Å². The maximum atomic E-state index is 12.3. The van der Waals surface area contributed by atoms with Crippen LogP contribution in [0.5, 0.6) is 11.5 Å². The van der Waals surface area contributed by atoms with E-state index in [1.165, 1.54) is 5.56 Å². The molecule has 0 unspecified atom stereocenters. The van der Waals surface area contributed by atoms with Crippen molar-refractivity contribution in [3.8, 4) is 11.5 Å². The van der Waals surface area contributed by atoms with Gasteiger partial charge in [0.1, 0.15) is 0 Å². The standard InChI is InChI=1S/C22H27N3O4/c1-3-29-20-9-6-18(14-21(20)27-2)15-23-24-22(26)19-7-4-17(5-8-19)16-25-10-12-28-13-11-25/h4-9,14-15H,3,10-13,16H2,1-2H3,(H,24,26)/b23-15+. The van der Waals surface area contributed by atoms with Gasteiger partial charge in [0.25, 0.3) is 5.91 Å². The van der Waals surface area contributed by atoms with Gasteiger partial charge in [-0.1, -0.05) is 12.1 Å². The lowest BCUT2D eigenvalue weighted by molar-refractivity contribution is 0.0342. The van der Waals surface area contributed by atoms with Gasteiger partial charge in [0.15, 0.2) is 11.5 Å². The number of nitrogens with one attached hydrogen (secondary N) is 1. The minimum atomic E-state index is -0.253. The van der Waals surface area contributed by atoms with Crippen LogP contribution in [0.4, 0.5) is 0 Å². The SMILES string of the molecule is CCOc1ccc(/C=N/NC(=O)c2ccc(CN3CCOCC3)cc2)cc1OC. The van der Waals surface area contributed by atoms with Crippen LogP contribution in [-0.4, -0.2) is 57.0 Å². The van der Waals surface area contributed by atoms with Crippen LogP contribution >= 0.6 is 0 Å². The number of ether oxygens (including phenoxy) is 3. The second-order valence-electron chi connectivity index (χ2n) is 6.63. The summed E-state index contributed by atoms with van der Waals surface area (Å²) in [6.45, 7) is 6.77. The van der Waals surface area contributed by atoms with Gasteiger partial charge in [0, 0.05) is 25.2 Å². The zero-order valence-electron chi connectivity index (χ0n) is 16.9. The third-order valence-corrected chi connectivity index (χ3v) is 4.59. The van der Waals surface area contributed by atoms with Crippen molar-refractivity contribution in [1.82, 2.24) is 10.3 Å². The van der Waals surface area contributed by atoms with Crippen molar-refractivity contribution in [2.24, 2.45) is 5.10 Å². The van der Waals surface area contributed by atoms with Crippen molar-refractivity contribution in [3.05, 3.63) is 59.2 Å². The number of hydrogen-bond acceptors (Lipinski definition) is 6. The van der Waals surface area contributed by atoms with E-state index in [0.717, 1.165) is 38.4 Å². The van der Waals surface area contributed by atoms with E-state index < -0.39 is 0 Å². The Balaban J connectivity index is 1.54. The molecule has 7 nitrogen and oxygen atoms in total. The van der Waals surface area contributed by atoms with E-state index in [-0.39, 0.29) is 5.91 Å². The topological polar surface area (TPSA) is 72.4 Å². The first-order chi connectivity index (χ1) is 14.2. The molecular weight excluding hydrogens is 370 g/mol. The molecule has 29 heavy (non-hydrogen) atoms. The fraction of sp³-hybridized carbons (Fsp3) is 0.364. The maximum absolute atomic E-state index is 12.3. The Labute approximate surface area is 171 Å². The Kier molecular flexibility index (Phi) is 7.61. The van der Waals surface area contributed by atoms with Gasteiger partial charge in [-0.2, -0.15) is 5.10 Å². The van der Waals surface area contributed by atoms with Gasteiger partial charge in [-0.25, -0.2) is 5.43 Å². The van der Waals surface area contributed by atoms with E-state index in [2.05, 4.69) is 15.4 Å². The second-order valence-corrected chi connectivity index (χ2v) is 6.63. The van der Waals surface area contributed by atoms with Gasteiger partial charge >= 0.3 is 0 Å². The number of rotatable bonds is 8. The summed E-state index contributed by atoms with van der Waals surface area (Å²) >= 11 is 0. The number of carbonyl (C=O) groups excluding carboxylic acids is 1. The third-order valence-electron chi connectivity index (χ3n) is 4.59. The van der Waals surface area contributed by atoms with Gasteiger partial charge in [0.05, 0.1) is 33.1 Å². The fourth-order valence-corrected chi connectivity index (χ4v) is 3.05. The van der Waals surface area contributed by atoms with E-state index in [9.17, 15) is 4.79 Å². The highest BCUT2D eigenvalue weighted by molar-refractivity contribution is 5.94. The van der Waals surface area contributed by atoms with Crippen LogP contribution in [-0.2, 0) is 11.3 Å². The molecule has 2 aromatic carbocycles. The van der Waals surface area contributed by atoms with Crippen molar-refractivity contribution in [3.63, 3.8) is 0 Å². The van der Waals surface area contributed by atoms with Crippen molar-refractivity contribution in [2.75, 3.05) is 40.0 Å². The Bertz CT molecular complexity index is 830. The van der Waals surface area contributed by atoms with Crippen molar-refractivity contribution in [2.45, 2.75) is 13.5 Å². The number of benzene rings is 2. The lowest BCUT2D eigenvalue weighted by atomic mass is 10.1. The normalized spacial score (nSPS) is 14.7. The van der Waals surface area contributed by atoms with E-state index in [4.69, 9.17) is 14.2 Å². The number of carbonyl (C=O) groups is 1. The molecule has 1 heterocycles. The highest BCUT2D eigenvalue weighted by Crippen LogP contribution is 2.27. The lowest BCUT2D eigenvalue weighted by Crippen LogP contribution is -2.35. The smallest absolute Gasteiger partial charge is 0.271 e. The molecule has 0 aliphatic carbocycles. The molecular formula is C22H27N3O4. The molecule has 0 saturated carbocycles. The van der Waals surface area contributed by atoms with Crippen molar-refractivity contribution < 1.29 is 19.0 Å². The highest BCUT2D eigenvalue weighted by atomic mass is 16.5. The largest absolute Gasteiger partial charge is 0.493 e. The summed E-state index contributed by atoms with van der Waals surface area (Å²) < 4.78 is 16.2. The van der Waals surface area contributed by atoms with Crippen LogP contribution in [0.15, 0.2) is 47.6 Å². The molecule has 1 aliphatic rings. The first-order valence-electron chi connectivity index (χ1n) is 9.73. The van der Waals surface area contributed by atoms with Gasteiger partial charge < -0.3 is 14.2 Å². The maximum Gasteiger partial charge on any atom is 0.271 e. The summed E-state index contributed by atoms with van der Waals surface area (Å²) in [6.07, 6.45) is 1.57. The molecule has 0 bridgehead atoms. The molecule has 0 aromatic heterocycles. The minimum Gasteiger partial charge on any atom is -0.493 e. The summed E-state index contributed by atoms with van der Waals surface area (Å²) in [7, 11) is 1.59. The molecule has 154 valence electrons. The minimum absolute atomic E-state index is 0.253. The number of amides is 1. The number of nitrogens with zero attached hydrogens (tertiary/aromatic N) is 2. The van der Waals surface area contributed by atoms with Crippen LogP contribution < -0.4 is 14.9 Å². The van der Waals surface area contributed by atoms with Crippen LogP contribution in [0.2, 0.25) is 0 Å². The van der Waals surface area contributed by atoms with Gasteiger partial charge in [-0.3, -0.25) is 9.69 Å². The first kappa shape index (κ1) is 20.8. The molecule has 1 saturated heterocycles. The molecule has 1 amide bonds. The molecule has 2 aromatic rings. The summed E-state index contributed by atoms with van der Waals surface area (Å²) in [6, 6.07) is 13.1. The lowest BCUT2D eigenvalue weighted by Gasteiger charge is -2.26. The van der Waals surface area contributed by atoms with Crippen molar-refractivity contribution >= 4 is 12.1 Å². The molecule has 0 radical (unpaired) electrons. The number of hydrazone groups is 1. The number of methoxy groups -OCH3 is 1. The Hall–Kier alpha value is -2.90. The number of morpholine rings is 1. The predicted molar refractivity (Wildman–Crippen MR) is 112 cm³/mol. The molecule has 1 N–H and O–H groups in total. The van der Waals surface area contributed by atoms with E-state index in [1.807, 2.05) is 43.3 Å². The molecule has 0 spiro atoms. The van der Waals surface area contributed by atoms with E-state index in [0.29, 0.717) is 23.7 Å². The molecule has 1 aliphatic heterocycles. The van der Waals surface area contributed by atoms with Crippen LogP contribution in [0.1, 0.15) is 28.4 Å². The molecule has 3 rings (SSSR count). The summed E-state index contributed by atoms with van der Waals surface area (Å²) in [4.78, 5) is 14.6. The monoisotopic (exact) mass is 397 g/mol. The van der Waals surface area contributed by atoms with Gasteiger partial charge in [-0.05, 0) is 48.4 Å². The molecule has 1 fully saturated rings. The molecule has 0 atom stereocenters. The summed E-state index contributed by atoms with van der Waals surface area (Å²) in [5, 5.41) is 4.04. The number of hydrogen-bond donors (Lipinski definition) is 1. The Morgan fingerprint density at radius 1 is 1.17 bits per heavy atom. The highest BCUT2D eigenvalue weighted by Gasteiger charge is 2.11. The third kappa shape index (κ3) is 6.04. The van der Waals surface area contributed by atoms with E-state index >= 15 is 0 Å². The first-order valence-corrected chi connectivity index (χ1v) is 9.73. The zero-order valence-corrected chi connectivity index (χ0v) is 16.9. The molecule has 7 heteroatoms. The van der Waals surface area contributed by atoms with E-state index in [1.54, 1.807) is 19.4 Å². The van der Waals surface area contributed by atoms with Crippen molar-refractivity contribution in [1.29, 1.82) is 0 Å². The van der Waals surface area contributed by atoms with Crippen LogP contribution in [0.25, 0.3) is 0 Å². The van der Waals surface area contributed by atoms with Crippen LogP contribution in [0, 0.1) is 0 Å². The van der Waals surface area contributed by atoms with Crippen LogP contribution in [0.3, 0.4) is 0 Å². The average molecular weight is 397 g/mol. The second kappa shape index (κ2) is 10.6. The predicted octanol–water partition coefficient (Wildman–Crippen LogP) is 2.69.